The summed E-state index contributed by atoms with van der Waals surface area (Å²) in [6.45, 7) is 6.81. The lowest BCUT2D eigenvalue weighted by molar-refractivity contribution is -0.118. The Labute approximate surface area is 271 Å². The first-order chi connectivity index (χ1) is 20.7. The molecule has 0 aliphatic heterocycles. The Morgan fingerprint density at radius 3 is 1.69 bits per heavy atom. The highest BCUT2D eigenvalue weighted by Crippen LogP contribution is 2.52. The lowest BCUT2D eigenvalue weighted by Gasteiger charge is -2.47. The quantitative estimate of drug-likeness (QED) is 0.126. The summed E-state index contributed by atoms with van der Waals surface area (Å²) in [5, 5.41) is 0. The number of rotatable bonds is 11. The predicted octanol–water partition coefficient (Wildman–Crippen LogP) is 9.50. The molecule has 0 unspecified atom stereocenters. The molecule has 0 spiro atoms. The summed E-state index contributed by atoms with van der Waals surface area (Å²) < 4.78 is 16.8. The molecular weight excluding hydrogens is 556 g/mol. The van der Waals surface area contributed by atoms with Gasteiger partial charge in [-0.05, 0) is 70.5 Å². The molecule has 0 radical (unpaired) electrons. The second-order valence-electron chi connectivity index (χ2n) is 11.7. The molecule has 0 amide bonds. The van der Waals surface area contributed by atoms with Gasteiger partial charge < -0.3 is 14.2 Å². The van der Waals surface area contributed by atoms with Crippen LogP contribution in [-0.2, 0) is 23.1 Å². The van der Waals surface area contributed by atoms with Gasteiger partial charge in [-0.15, -0.1) is 0 Å². The van der Waals surface area contributed by atoms with Gasteiger partial charge in [-0.1, -0.05) is 108 Å². The van der Waals surface area contributed by atoms with Gasteiger partial charge in [0.05, 0.1) is 27.8 Å². The van der Waals surface area contributed by atoms with Gasteiger partial charge in [0.1, 0.15) is 23.0 Å². The van der Waals surface area contributed by atoms with Crippen LogP contribution in [0.3, 0.4) is 0 Å². The van der Waals surface area contributed by atoms with Crippen molar-refractivity contribution in [2.45, 2.75) is 66.7 Å². The van der Waals surface area contributed by atoms with Crippen LogP contribution in [0, 0.1) is 17.3 Å². The Bertz CT molecular complexity index is 1500. The Morgan fingerprint density at radius 1 is 0.667 bits per heavy atom. The number of carbonyl (C=O) groups is 1. The van der Waals surface area contributed by atoms with E-state index in [0.29, 0.717) is 12.8 Å². The van der Waals surface area contributed by atoms with E-state index in [0.717, 1.165) is 45.9 Å². The van der Waals surface area contributed by atoms with Crippen molar-refractivity contribution < 1.29 is 19.0 Å². The van der Waals surface area contributed by atoms with Crippen LogP contribution in [0.25, 0.3) is 0 Å². The number of ketones is 1. The van der Waals surface area contributed by atoms with E-state index in [4.69, 9.17) is 14.2 Å². The van der Waals surface area contributed by atoms with E-state index in [1.54, 1.807) is 21.3 Å². The van der Waals surface area contributed by atoms with Crippen LogP contribution < -0.4 is 14.2 Å². The monoisotopic (exact) mass is 606 g/mol. The van der Waals surface area contributed by atoms with Crippen molar-refractivity contribution in [3.05, 3.63) is 125 Å². The molecule has 0 N–H and O–H groups in total. The third kappa shape index (κ3) is 8.37. The van der Waals surface area contributed by atoms with Crippen LogP contribution >= 0.6 is 0 Å². The van der Waals surface area contributed by atoms with Crippen molar-refractivity contribution >= 4 is 5.78 Å². The van der Waals surface area contributed by atoms with Crippen LogP contribution in [0.4, 0.5) is 0 Å². The van der Waals surface area contributed by atoms with Crippen LogP contribution in [0.5, 0.6) is 17.2 Å². The largest absolute Gasteiger partial charge is 0.497 e. The minimum absolute atomic E-state index is 0. The summed E-state index contributed by atoms with van der Waals surface area (Å²) in [6, 6.07) is 33.2. The van der Waals surface area contributed by atoms with Crippen molar-refractivity contribution in [3.8, 4) is 29.1 Å². The SMILES string of the molecule is C.C.COc1ccc(C(c2ccc(OC)cc2)(c2ccc(OC)c(CC#CCC(=O)CCc3ccccc3)c2)C(C)(C)C)cc1. The molecule has 0 saturated heterocycles. The molecule has 4 heteroatoms. The number of Topliss-reactive ketones (excluding diaryl/α,β-unsaturated/α-hetero) is 1. The second-order valence-corrected chi connectivity index (χ2v) is 11.7. The van der Waals surface area contributed by atoms with Crippen molar-refractivity contribution in [2.24, 2.45) is 5.41 Å². The smallest absolute Gasteiger partial charge is 0.145 e. The number of carbonyl (C=O) groups excluding carboxylic acids is 1. The van der Waals surface area contributed by atoms with Gasteiger partial charge in [-0.2, -0.15) is 0 Å². The molecule has 0 saturated carbocycles. The first-order valence-corrected chi connectivity index (χ1v) is 14.7. The minimum atomic E-state index is -0.520. The van der Waals surface area contributed by atoms with Gasteiger partial charge in [0.25, 0.3) is 0 Å². The molecule has 4 aromatic carbocycles. The molecule has 45 heavy (non-hydrogen) atoms. The fourth-order valence-electron chi connectivity index (χ4n) is 5.97. The van der Waals surface area contributed by atoms with Crippen LogP contribution in [0.2, 0.25) is 0 Å². The summed E-state index contributed by atoms with van der Waals surface area (Å²) in [4.78, 5) is 12.5. The van der Waals surface area contributed by atoms with E-state index in [-0.39, 0.29) is 32.5 Å². The number of ether oxygens (including phenoxy) is 3. The highest BCUT2D eigenvalue weighted by Gasteiger charge is 2.46. The highest BCUT2D eigenvalue weighted by atomic mass is 16.5. The van der Waals surface area contributed by atoms with Gasteiger partial charge in [0.15, 0.2) is 0 Å². The Kier molecular flexibility index (Phi) is 13.5. The molecule has 4 rings (SSSR count). The molecule has 0 aliphatic carbocycles. The maximum absolute atomic E-state index is 12.5. The summed E-state index contributed by atoms with van der Waals surface area (Å²) in [5.74, 6) is 8.92. The van der Waals surface area contributed by atoms with Crippen LogP contribution in [-0.4, -0.2) is 27.1 Å². The second kappa shape index (κ2) is 16.5. The minimum Gasteiger partial charge on any atom is -0.497 e. The van der Waals surface area contributed by atoms with Crippen molar-refractivity contribution in [1.29, 1.82) is 0 Å². The van der Waals surface area contributed by atoms with Crippen molar-refractivity contribution in [1.82, 2.24) is 0 Å². The zero-order valence-electron chi connectivity index (χ0n) is 26.2. The van der Waals surface area contributed by atoms with E-state index >= 15 is 0 Å². The van der Waals surface area contributed by atoms with E-state index in [1.807, 2.05) is 60.7 Å². The maximum Gasteiger partial charge on any atom is 0.145 e. The van der Waals surface area contributed by atoms with E-state index < -0.39 is 5.41 Å². The Hall–Kier alpha value is -4.49. The van der Waals surface area contributed by atoms with Crippen LogP contribution in [0.1, 0.15) is 76.3 Å². The normalized spacial score (nSPS) is 10.8. The van der Waals surface area contributed by atoms with Crippen molar-refractivity contribution in [2.75, 3.05) is 21.3 Å². The summed E-state index contributed by atoms with van der Waals surface area (Å²) >= 11 is 0. The van der Waals surface area contributed by atoms with E-state index in [2.05, 4.69) is 69.0 Å². The molecule has 0 atom stereocenters. The zero-order chi connectivity index (χ0) is 30.9. The number of aryl methyl sites for hydroxylation is 1. The molecule has 0 aromatic heterocycles. The molecule has 4 nitrogen and oxygen atoms in total. The van der Waals surface area contributed by atoms with Gasteiger partial charge in [0.2, 0.25) is 0 Å². The molecular formula is C41H50O4. The van der Waals surface area contributed by atoms with Gasteiger partial charge >= 0.3 is 0 Å². The summed E-state index contributed by atoms with van der Waals surface area (Å²) in [7, 11) is 5.05. The molecule has 0 fully saturated rings. The van der Waals surface area contributed by atoms with E-state index in [9.17, 15) is 4.79 Å². The number of hydrogen-bond donors (Lipinski definition) is 0. The predicted molar refractivity (Wildman–Crippen MR) is 188 cm³/mol. The van der Waals surface area contributed by atoms with Crippen LogP contribution in [0.15, 0.2) is 97.1 Å². The fraction of sp³-hybridized carbons (Fsp3) is 0.341. The maximum atomic E-state index is 12.5. The van der Waals surface area contributed by atoms with Gasteiger partial charge in [-0.25, -0.2) is 0 Å². The third-order valence-corrected chi connectivity index (χ3v) is 8.11. The molecule has 4 aromatic rings. The first-order valence-electron chi connectivity index (χ1n) is 14.7. The zero-order valence-corrected chi connectivity index (χ0v) is 26.2. The lowest BCUT2D eigenvalue weighted by Crippen LogP contribution is -2.42. The third-order valence-electron chi connectivity index (χ3n) is 8.11. The standard InChI is InChI=1S/C39H42O4.2CH4/c1-38(2,3)39(31-17-23-35(41-4)24-18-31,32-19-25-36(42-5)26-20-32)33-21-27-37(43-6)30(28-33)14-10-11-15-34(40)22-16-29-12-8-7-9-13-29;;/h7-9,12-13,17-21,23-28H,14-16,22H2,1-6H3;2*1H4. The average molecular weight is 607 g/mol. The molecule has 0 heterocycles. The molecule has 0 bridgehead atoms. The number of methoxy groups -OCH3 is 3. The molecule has 238 valence electrons. The highest BCUT2D eigenvalue weighted by molar-refractivity contribution is 5.81. The van der Waals surface area contributed by atoms with Gasteiger partial charge in [0, 0.05) is 23.8 Å². The van der Waals surface area contributed by atoms with E-state index in [1.165, 1.54) is 5.56 Å². The molecule has 0 aliphatic rings. The van der Waals surface area contributed by atoms with Gasteiger partial charge in [-0.3, -0.25) is 4.79 Å². The number of hydrogen-bond acceptors (Lipinski definition) is 4. The Morgan fingerprint density at radius 2 is 1.20 bits per heavy atom. The fourth-order valence-corrected chi connectivity index (χ4v) is 5.97. The topological polar surface area (TPSA) is 44.8 Å². The van der Waals surface area contributed by atoms with Crippen molar-refractivity contribution in [3.63, 3.8) is 0 Å². The average Bonchev–Trinajstić information content (AvgIpc) is 3.03. The first kappa shape index (κ1) is 36.7. The summed E-state index contributed by atoms with van der Waals surface area (Å²) in [5.41, 5.74) is 4.83. The number of benzene rings is 4. The lowest BCUT2D eigenvalue weighted by atomic mass is 9.55. The summed E-state index contributed by atoms with van der Waals surface area (Å²) in [6.07, 6.45) is 1.96. The Balaban J connectivity index is 0.00000353.